The highest BCUT2D eigenvalue weighted by Crippen LogP contribution is 2.10. The summed E-state index contributed by atoms with van der Waals surface area (Å²) in [6.07, 6.45) is 3.94. The van der Waals surface area contributed by atoms with E-state index in [1.165, 1.54) is 5.56 Å². The standard InChI is InChI=1S/C14H18BrN3/c1-17-7-9-18(10-8-17)16-12-14(15)11-13-5-3-2-4-6-13/h2-6,11-12H,7-10H2,1H3/b14-11-,16-12-. The largest absolute Gasteiger partial charge is 0.303 e. The topological polar surface area (TPSA) is 18.8 Å². The van der Waals surface area contributed by atoms with Crippen LogP contribution in [-0.2, 0) is 0 Å². The molecule has 0 unspecified atom stereocenters. The number of nitrogens with zero attached hydrogens (tertiary/aromatic N) is 3. The first kappa shape index (κ1) is 13.3. The molecule has 1 saturated heterocycles. The first-order valence-corrected chi connectivity index (χ1v) is 6.93. The highest BCUT2D eigenvalue weighted by Gasteiger charge is 2.10. The molecule has 0 aromatic heterocycles. The number of rotatable bonds is 3. The van der Waals surface area contributed by atoms with E-state index in [-0.39, 0.29) is 0 Å². The van der Waals surface area contributed by atoms with E-state index in [0.717, 1.165) is 30.7 Å². The van der Waals surface area contributed by atoms with Crippen LogP contribution >= 0.6 is 15.9 Å². The van der Waals surface area contributed by atoms with Crippen LogP contribution in [0.15, 0.2) is 39.9 Å². The molecule has 0 N–H and O–H groups in total. The second-order valence-corrected chi connectivity index (χ2v) is 5.36. The number of hydrazone groups is 1. The maximum Gasteiger partial charge on any atom is 0.0612 e. The summed E-state index contributed by atoms with van der Waals surface area (Å²) in [5.41, 5.74) is 1.18. The van der Waals surface area contributed by atoms with Gasteiger partial charge < -0.3 is 4.90 Å². The Hall–Kier alpha value is -1.13. The van der Waals surface area contributed by atoms with Gasteiger partial charge in [-0.05, 0) is 34.6 Å². The molecule has 0 amide bonds. The monoisotopic (exact) mass is 307 g/mol. The Morgan fingerprint density at radius 2 is 1.83 bits per heavy atom. The van der Waals surface area contributed by atoms with E-state index in [1.54, 1.807) is 0 Å². The Labute approximate surface area is 117 Å². The van der Waals surface area contributed by atoms with Crippen molar-refractivity contribution in [3.63, 3.8) is 0 Å². The predicted octanol–water partition coefficient (Wildman–Crippen LogP) is 2.66. The number of benzene rings is 1. The van der Waals surface area contributed by atoms with Gasteiger partial charge in [0, 0.05) is 30.7 Å². The van der Waals surface area contributed by atoms with E-state index in [1.807, 2.05) is 24.4 Å². The molecule has 1 aromatic carbocycles. The molecule has 18 heavy (non-hydrogen) atoms. The van der Waals surface area contributed by atoms with Gasteiger partial charge in [-0.3, -0.25) is 5.01 Å². The lowest BCUT2D eigenvalue weighted by Gasteiger charge is -2.30. The van der Waals surface area contributed by atoms with Crippen LogP contribution in [0.1, 0.15) is 5.56 Å². The van der Waals surface area contributed by atoms with Gasteiger partial charge in [-0.2, -0.15) is 5.10 Å². The average Bonchev–Trinajstić information content (AvgIpc) is 2.39. The smallest absolute Gasteiger partial charge is 0.0612 e. The second kappa shape index (κ2) is 6.71. The first-order valence-electron chi connectivity index (χ1n) is 6.14. The van der Waals surface area contributed by atoms with Gasteiger partial charge in [-0.15, -0.1) is 0 Å². The van der Waals surface area contributed by atoms with Gasteiger partial charge in [-0.1, -0.05) is 30.3 Å². The third-order valence-corrected chi connectivity index (χ3v) is 3.36. The zero-order chi connectivity index (χ0) is 12.8. The lowest BCUT2D eigenvalue weighted by Crippen LogP contribution is -2.41. The van der Waals surface area contributed by atoms with Gasteiger partial charge in [0.15, 0.2) is 0 Å². The van der Waals surface area contributed by atoms with Crippen molar-refractivity contribution in [3.8, 4) is 0 Å². The average molecular weight is 308 g/mol. The zero-order valence-corrected chi connectivity index (χ0v) is 12.2. The third-order valence-electron chi connectivity index (χ3n) is 2.93. The zero-order valence-electron chi connectivity index (χ0n) is 10.6. The Morgan fingerprint density at radius 1 is 1.17 bits per heavy atom. The maximum atomic E-state index is 4.48. The van der Waals surface area contributed by atoms with E-state index >= 15 is 0 Å². The van der Waals surface area contributed by atoms with Crippen LogP contribution in [0.3, 0.4) is 0 Å². The molecule has 96 valence electrons. The molecule has 0 spiro atoms. The fourth-order valence-corrected chi connectivity index (χ4v) is 2.15. The van der Waals surface area contributed by atoms with Crippen molar-refractivity contribution in [2.24, 2.45) is 5.10 Å². The molecular formula is C14H18BrN3. The van der Waals surface area contributed by atoms with Crippen molar-refractivity contribution in [2.45, 2.75) is 0 Å². The molecule has 2 rings (SSSR count). The fourth-order valence-electron chi connectivity index (χ4n) is 1.79. The van der Waals surface area contributed by atoms with Crippen LogP contribution in [0.25, 0.3) is 6.08 Å². The SMILES string of the molecule is CN1CCN(/N=C\C(Br)=C\c2ccccc2)CC1. The maximum absolute atomic E-state index is 4.48. The van der Waals surface area contributed by atoms with Crippen molar-refractivity contribution >= 4 is 28.2 Å². The van der Waals surface area contributed by atoms with Gasteiger partial charge in [0.25, 0.3) is 0 Å². The van der Waals surface area contributed by atoms with E-state index in [2.05, 4.69) is 56.2 Å². The van der Waals surface area contributed by atoms with Crippen LogP contribution < -0.4 is 0 Å². The van der Waals surface area contributed by atoms with Crippen LogP contribution in [0, 0.1) is 0 Å². The third kappa shape index (κ3) is 4.27. The van der Waals surface area contributed by atoms with E-state index in [9.17, 15) is 0 Å². The number of likely N-dealkylation sites (N-methyl/N-ethyl adjacent to an activating group) is 1. The summed E-state index contributed by atoms with van der Waals surface area (Å²) in [6.45, 7) is 4.16. The summed E-state index contributed by atoms with van der Waals surface area (Å²) in [6, 6.07) is 10.2. The Bertz CT molecular complexity index is 420. The molecule has 0 atom stereocenters. The Morgan fingerprint density at radius 3 is 2.50 bits per heavy atom. The molecule has 3 nitrogen and oxygen atoms in total. The van der Waals surface area contributed by atoms with Crippen LogP contribution in [0.4, 0.5) is 0 Å². The molecule has 1 fully saturated rings. The van der Waals surface area contributed by atoms with Crippen molar-refractivity contribution in [3.05, 3.63) is 40.4 Å². The van der Waals surface area contributed by atoms with E-state index in [0.29, 0.717) is 0 Å². The number of halogens is 1. The quantitative estimate of drug-likeness (QED) is 0.800. The molecule has 0 saturated carbocycles. The lowest BCUT2D eigenvalue weighted by atomic mass is 10.2. The summed E-state index contributed by atoms with van der Waals surface area (Å²) in [5.74, 6) is 0. The summed E-state index contributed by atoms with van der Waals surface area (Å²) < 4.78 is 0.993. The van der Waals surface area contributed by atoms with Crippen LogP contribution in [-0.4, -0.2) is 49.4 Å². The summed E-state index contributed by atoms with van der Waals surface area (Å²) in [4.78, 5) is 2.32. The molecule has 1 heterocycles. The van der Waals surface area contributed by atoms with E-state index < -0.39 is 0 Å². The minimum absolute atomic E-state index is 0.993. The molecule has 1 aliphatic rings. The van der Waals surface area contributed by atoms with Crippen LogP contribution in [0.2, 0.25) is 0 Å². The Kier molecular flexibility index (Phi) is 4.96. The molecule has 0 bridgehead atoms. The van der Waals surface area contributed by atoms with E-state index in [4.69, 9.17) is 0 Å². The fraction of sp³-hybridized carbons (Fsp3) is 0.357. The summed E-state index contributed by atoms with van der Waals surface area (Å²) >= 11 is 3.53. The van der Waals surface area contributed by atoms with Crippen molar-refractivity contribution in [2.75, 3.05) is 33.2 Å². The van der Waals surface area contributed by atoms with Gasteiger partial charge in [0.1, 0.15) is 0 Å². The van der Waals surface area contributed by atoms with Gasteiger partial charge in [0.05, 0.1) is 6.21 Å². The summed E-state index contributed by atoms with van der Waals surface area (Å²) in [5, 5.41) is 6.59. The van der Waals surface area contributed by atoms with Crippen LogP contribution in [0.5, 0.6) is 0 Å². The number of allylic oxidation sites excluding steroid dienone is 1. The van der Waals surface area contributed by atoms with Gasteiger partial charge in [-0.25, -0.2) is 0 Å². The summed E-state index contributed by atoms with van der Waals surface area (Å²) in [7, 11) is 2.15. The van der Waals surface area contributed by atoms with Crippen molar-refractivity contribution < 1.29 is 0 Å². The molecule has 1 aromatic rings. The minimum Gasteiger partial charge on any atom is -0.303 e. The molecule has 1 aliphatic heterocycles. The van der Waals surface area contributed by atoms with Gasteiger partial charge >= 0.3 is 0 Å². The second-order valence-electron chi connectivity index (χ2n) is 4.44. The molecule has 4 heteroatoms. The Balaban J connectivity index is 1.91. The number of hydrogen-bond acceptors (Lipinski definition) is 3. The number of hydrogen-bond donors (Lipinski definition) is 0. The highest BCUT2D eigenvalue weighted by atomic mass is 79.9. The minimum atomic E-state index is 0.993. The predicted molar refractivity (Wildman–Crippen MR) is 80.9 cm³/mol. The normalized spacial score (nSPS) is 18.6. The number of piperazine rings is 1. The molecule has 0 radical (unpaired) electrons. The first-order chi connectivity index (χ1) is 8.74. The van der Waals surface area contributed by atoms with Crippen molar-refractivity contribution in [1.82, 2.24) is 9.91 Å². The highest BCUT2D eigenvalue weighted by molar-refractivity contribution is 9.12. The van der Waals surface area contributed by atoms with Crippen molar-refractivity contribution in [1.29, 1.82) is 0 Å². The molecule has 0 aliphatic carbocycles. The van der Waals surface area contributed by atoms with Gasteiger partial charge in [0.2, 0.25) is 0 Å². The lowest BCUT2D eigenvalue weighted by molar-refractivity contribution is 0.159. The molecular weight excluding hydrogens is 290 g/mol.